The number of carbonyl (C=O) groups is 2. The third-order valence-corrected chi connectivity index (χ3v) is 5.83. The Bertz CT molecular complexity index is 1150. The summed E-state index contributed by atoms with van der Waals surface area (Å²) in [5.41, 5.74) is 0.618. The van der Waals surface area contributed by atoms with Gasteiger partial charge in [-0.2, -0.15) is 0 Å². The molecule has 0 saturated carbocycles. The van der Waals surface area contributed by atoms with E-state index in [4.69, 9.17) is 16.3 Å². The minimum Gasteiger partial charge on any atom is -0.480 e. The molecule has 168 valence electrons. The van der Waals surface area contributed by atoms with E-state index in [0.29, 0.717) is 15.7 Å². The molecule has 3 rings (SSSR count). The van der Waals surface area contributed by atoms with Gasteiger partial charge >= 0.3 is 0 Å². The summed E-state index contributed by atoms with van der Waals surface area (Å²) in [5.74, 6) is -0.361. The summed E-state index contributed by atoms with van der Waals surface area (Å²) in [7, 11) is 1.39. The molecule has 3 aromatic rings. The van der Waals surface area contributed by atoms with E-state index in [9.17, 15) is 9.59 Å². The zero-order valence-corrected chi connectivity index (χ0v) is 19.7. The van der Waals surface area contributed by atoms with Gasteiger partial charge in [0.2, 0.25) is 5.88 Å². The number of ether oxygens (including phenoxy) is 1. The van der Waals surface area contributed by atoms with E-state index in [0.717, 1.165) is 17.0 Å². The lowest BCUT2D eigenvalue weighted by atomic mass is 9.92. The zero-order valence-electron chi connectivity index (χ0n) is 18.1. The Morgan fingerprint density at radius 3 is 2.50 bits per heavy atom. The molecule has 2 amide bonds. The molecule has 0 aliphatic carbocycles. The van der Waals surface area contributed by atoms with E-state index < -0.39 is 11.9 Å². The van der Waals surface area contributed by atoms with Gasteiger partial charge in [0, 0.05) is 11.5 Å². The van der Waals surface area contributed by atoms with Crippen molar-refractivity contribution in [1.29, 1.82) is 0 Å². The summed E-state index contributed by atoms with van der Waals surface area (Å²) >= 11 is 7.26. The molecule has 12 heteroatoms. The van der Waals surface area contributed by atoms with Gasteiger partial charge in [-0.25, -0.2) is 24.9 Å². The van der Waals surface area contributed by atoms with E-state index >= 15 is 0 Å². The summed E-state index contributed by atoms with van der Waals surface area (Å²) in [6.07, 6.45) is 4.05. The van der Waals surface area contributed by atoms with Crippen molar-refractivity contribution in [2.45, 2.75) is 39.2 Å². The van der Waals surface area contributed by atoms with Crippen LogP contribution in [0.5, 0.6) is 5.88 Å². The largest absolute Gasteiger partial charge is 0.480 e. The number of methoxy groups -OCH3 is 1. The second kappa shape index (κ2) is 9.53. The second-order valence-corrected chi connectivity index (χ2v) is 9.24. The molecule has 0 spiro atoms. The quantitative estimate of drug-likeness (QED) is 0.554. The van der Waals surface area contributed by atoms with Crippen LogP contribution in [0.15, 0.2) is 24.9 Å². The van der Waals surface area contributed by atoms with Crippen molar-refractivity contribution in [2.75, 3.05) is 12.4 Å². The first-order chi connectivity index (χ1) is 15.1. The van der Waals surface area contributed by atoms with Crippen LogP contribution in [0.4, 0.5) is 5.82 Å². The number of rotatable bonds is 6. The molecule has 3 heterocycles. The topological polar surface area (TPSA) is 132 Å². The van der Waals surface area contributed by atoms with Crippen molar-refractivity contribution in [1.82, 2.24) is 30.2 Å². The van der Waals surface area contributed by atoms with E-state index in [1.54, 1.807) is 13.0 Å². The van der Waals surface area contributed by atoms with Crippen LogP contribution >= 0.6 is 22.9 Å². The molecular weight excluding hydrogens is 454 g/mol. The molecule has 0 unspecified atom stereocenters. The number of hydrogen-bond donors (Lipinski definition) is 2. The van der Waals surface area contributed by atoms with Gasteiger partial charge in [-0.05, 0) is 6.92 Å². The van der Waals surface area contributed by atoms with Gasteiger partial charge in [0.1, 0.15) is 33.4 Å². The highest BCUT2D eigenvalue weighted by Gasteiger charge is 2.22. The van der Waals surface area contributed by atoms with Crippen LogP contribution in [0, 0.1) is 0 Å². The molecule has 0 fully saturated rings. The SMILES string of the molecule is COc1ncnc(C(=O)N[C@@H](C)c2ncc(C(=O)Nc3cc(C(C)(C)C)ncn3)s2)c1Cl. The molecular formula is C20H22ClN7O3S. The van der Waals surface area contributed by atoms with Gasteiger partial charge in [-0.15, -0.1) is 11.3 Å². The van der Waals surface area contributed by atoms with Crippen molar-refractivity contribution >= 4 is 40.6 Å². The van der Waals surface area contributed by atoms with Gasteiger partial charge in [-0.3, -0.25) is 9.59 Å². The molecule has 0 aromatic carbocycles. The van der Waals surface area contributed by atoms with Gasteiger partial charge < -0.3 is 15.4 Å². The lowest BCUT2D eigenvalue weighted by Gasteiger charge is -2.17. The van der Waals surface area contributed by atoms with Crippen LogP contribution in [0.2, 0.25) is 5.02 Å². The second-order valence-electron chi connectivity index (χ2n) is 7.80. The Morgan fingerprint density at radius 2 is 1.81 bits per heavy atom. The number of thiazole rings is 1. The molecule has 2 N–H and O–H groups in total. The van der Waals surface area contributed by atoms with Crippen LogP contribution < -0.4 is 15.4 Å². The van der Waals surface area contributed by atoms with Crippen molar-refractivity contribution in [3.8, 4) is 5.88 Å². The fourth-order valence-electron chi connectivity index (χ4n) is 2.59. The van der Waals surface area contributed by atoms with Crippen LogP contribution in [0.3, 0.4) is 0 Å². The molecule has 0 saturated heterocycles. The van der Waals surface area contributed by atoms with Crippen molar-refractivity contribution in [3.05, 3.63) is 51.2 Å². The predicted molar refractivity (Wildman–Crippen MR) is 120 cm³/mol. The number of nitrogens with one attached hydrogen (secondary N) is 2. The van der Waals surface area contributed by atoms with E-state index in [2.05, 4.69) is 35.6 Å². The summed E-state index contributed by atoms with van der Waals surface area (Å²) in [6, 6.07) is 1.25. The maximum atomic E-state index is 12.6. The Hall–Kier alpha value is -3.18. The molecule has 0 aliphatic rings. The smallest absolute Gasteiger partial charge is 0.272 e. The number of halogens is 1. The van der Waals surface area contributed by atoms with Crippen LogP contribution in [-0.2, 0) is 5.41 Å². The standard InChI is InChI=1S/C20H22ClN7O3S/c1-10(27-17(30)15-14(21)18(31-5)26-9-25-15)19-22-7-11(32-19)16(29)28-13-6-12(20(2,3)4)23-8-24-13/h6-10H,1-5H3,(H,27,30)(H,23,24,28,29)/t10-/m0/s1. The lowest BCUT2D eigenvalue weighted by molar-refractivity contribution is 0.0933. The Morgan fingerprint density at radius 1 is 1.09 bits per heavy atom. The van der Waals surface area contributed by atoms with E-state index in [1.165, 1.54) is 26.0 Å². The van der Waals surface area contributed by atoms with Crippen molar-refractivity contribution in [2.24, 2.45) is 0 Å². The van der Waals surface area contributed by atoms with Crippen LogP contribution in [0.25, 0.3) is 0 Å². The lowest BCUT2D eigenvalue weighted by Crippen LogP contribution is -2.27. The Kier molecular flexibility index (Phi) is 6.99. The zero-order chi connectivity index (χ0) is 23.5. The average molecular weight is 476 g/mol. The molecule has 0 bridgehead atoms. The van der Waals surface area contributed by atoms with E-state index in [-0.39, 0.29) is 27.9 Å². The maximum Gasteiger partial charge on any atom is 0.272 e. The summed E-state index contributed by atoms with van der Waals surface area (Å²) in [6.45, 7) is 7.81. The average Bonchev–Trinajstić information content (AvgIpc) is 3.24. The number of carbonyl (C=O) groups excluding carboxylic acids is 2. The third kappa shape index (κ3) is 5.35. The minimum atomic E-state index is -0.514. The van der Waals surface area contributed by atoms with Gasteiger partial charge in [-0.1, -0.05) is 32.4 Å². The third-order valence-electron chi connectivity index (χ3n) is 4.31. The van der Waals surface area contributed by atoms with Gasteiger partial charge in [0.05, 0.1) is 25.0 Å². The highest BCUT2D eigenvalue weighted by molar-refractivity contribution is 7.13. The number of aromatic nitrogens is 5. The number of amides is 2. The molecule has 32 heavy (non-hydrogen) atoms. The van der Waals surface area contributed by atoms with Crippen LogP contribution in [0.1, 0.15) is 64.6 Å². The molecule has 10 nitrogen and oxygen atoms in total. The summed E-state index contributed by atoms with van der Waals surface area (Å²) < 4.78 is 5.00. The Labute approximate surface area is 193 Å². The number of anilines is 1. The first-order valence-electron chi connectivity index (χ1n) is 9.55. The first-order valence-corrected chi connectivity index (χ1v) is 10.7. The maximum absolute atomic E-state index is 12.6. The number of hydrogen-bond acceptors (Lipinski definition) is 9. The van der Waals surface area contributed by atoms with Gasteiger partial charge in [0.15, 0.2) is 5.69 Å². The fraction of sp³-hybridized carbons (Fsp3) is 0.350. The van der Waals surface area contributed by atoms with Crippen molar-refractivity contribution < 1.29 is 14.3 Å². The minimum absolute atomic E-state index is 0.0124. The molecule has 1 atom stereocenters. The van der Waals surface area contributed by atoms with Crippen molar-refractivity contribution in [3.63, 3.8) is 0 Å². The van der Waals surface area contributed by atoms with Crippen LogP contribution in [-0.4, -0.2) is 43.8 Å². The first kappa shape index (κ1) is 23.5. The van der Waals surface area contributed by atoms with E-state index in [1.807, 2.05) is 20.8 Å². The summed E-state index contributed by atoms with van der Waals surface area (Å²) in [5, 5.41) is 6.06. The van der Waals surface area contributed by atoms with Gasteiger partial charge in [0.25, 0.3) is 11.8 Å². The highest BCUT2D eigenvalue weighted by Crippen LogP contribution is 2.26. The summed E-state index contributed by atoms with van der Waals surface area (Å²) in [4.78, 5) is 45.9. The molecule has 0 radical (unpaired) electrons. The normalized spacial score (nSPS) is 12.2. The number of nitrogens with zero attached hydrogens (tertiary/aromatic N) is 5. The highest BCUT2D eigenvalue weighted by atomic mass is 35.5. The fourth-order valence-corrected chi connectivity index (χ4v) is 3.66. The molecule has 3 aromatic heterocycles. The monoisotopic (exact) mass is 475 g/mol. The molecule has 0 aliphatic heterocycles. The predicted octanol–water partition coefficient (Wildman–Crippen LogP) is 3.43. The Balaban J connectivity index is 1.69.